The lowest BCUT2D eigenvalue weighted by atomic mass is 10.1. The molecule has 0 spiro atoms. The van der Waals surface area contributed by atoms with Gasteiger partial charge in [0.2, 0.25) is 10.0 Å². The first kappa shape index (κ1) is 22.1. The number of sulfonamides is 1. The van der Waals surface area contributed by atoms with Gasteiger partial charge in [-0.1, -0.05) is 32.9 Å². The van der Waals surface area contributed by atoms with Crippen molar-refractivity contribution in [1.29, 1.82) is 0 Å². The first-order chi connectivity index (χ1) is 12.3. The SMILES string of the molecule is CCC(C)NC(=O)C(=O)NCCc1ccc(S(=O)(=O)N(CC)CC)cc1. The summed E-state index contributed by atoms with van der Waals surface area (Å²) in [5.74, 6) is -1.30. The molecule has 0 fully saturated rings. The zero-order valence-electron chi connectivity index (χ0n) is 15.9. The number of nitrogens with zero attached hydrogens (tertiary/aromatic N) is 1. The molecule has 0 saturated heterocycles. The molecule has 0 aliphatic carbocycles. The highest BCUT2D eigenvalue weighted by Gasteiger charge is 2.21. The van der Waals surface area contributed by atoms with Crippen LogP contribution in [0.5, 0.6) is 0 Å². The molecular weight excluding hydrogens is 354 g/mol. The van der Waals surface area contributed by atoms with Gasteiger partial charge in [0.05, 0.1) is 4.90 Å². The quantitative estimate of drug-likeness (QED) is 0.628. The van der Waals surface area contributed by atoms with E-state index >= 15 is 0 Å². The number of carbonyl (C=O) groups is 2. The predicted octanol–water partition coefficient (Wildman–Crippen LogP) is 1.29. The summed E-state index contributed by atoms with van der Waals surface area (Å²) in [7, 11) is -3.47. The molecule has 1 rings (SSSR count). The normalized spacial score (nSPS) is 12.7. The van der Waals surface area contributed by atoms with Crippen LogP contribution >= 0.6 is 0 Å². The van der Waals surface area contributed by atoms with Crippen LogP contribution in [-0.4, -0.2) is 50.2 Å². The second-order valence-corrected chi connectivity index (χ2v) is 7.96. The van der Waals surface area contributed by atoms with Crippen molar-refractivity contribution in [2.45, 2.75) is 51.5 Å². The average Bonchev–Trinajstić information content (AvgIpc) is 2.62. The standard InChI is InChI=1S/C18H29N3O4S/c1-5-14(4)20-18(23)17(22)19-13-12-15-8-10-16(11-9-15)26(24,25)21(6-2)7-3/h8-11,14H,5-7,12-13H2,1-4H3,(H,19,22)(H,20,23). The Bertz CT molecular complexity index is 698. The molecule has 0 aromatic heterocycles. The fourth-order valence-electron chi connectivity index (χ4n) is 2.33. The monoisotopic (exact) mass is 383 g/mol. The largest absolute Gasteiger partial charge is 0.348 e. The van der Waals surface area contributed by atoms with Crippen LogP contribution in [0.1, 0.15) is 39.7 Å². The van der Waals surface area contributed by atoms with Crippen molar-refractivity contribution in [1.82, 2.24) is 14.9 Å². The molecule has 0 radical (unpaired) electrons. The van der Waals surface area contributed by atoms with Crippen LogP contribution in [0.4, 0.5) is 0 Å². The topological polar surface area (TPSA) is 95.6 Å². The molecule has 0 aliphatic rings. The van der Waals surface area contributed by atoms with Crippen LogP contribution in [0, 0.1) is 0 Å². The fraction of sp³-hybridized carbons (Fsp3) is 0.556. The minimum Gasteiger partial charge on any atom is -0.348 e. The number of hydrogen-bond acceptors (Lipinski definition) is 4. The molecule has 0 heterocycles. The second kappa shape index (κ2) is 10.3. The Kier molecular flexibility index (Phi) is 8.74. The van der Waals surface area contributed by atoms with Crippen molar-refractivity contribution in [2.24, 2.45) is 0 Å². The lowest BCUT2D eigenvalue weighted by Crippen LogP contribution is -2.43. The summed E-state index contributed by atoms with van der Waals surface area (Å²) in [5, 5.41) is 5.17. The Hall–Kier alpha value is -1.93. The highest BCUT2D eigenvalue weighted by Crippen LogP contribution is 2.16. The van der Waals surface area contributed by atoms with Gasteiger partial charge in [0.1, 0.15) is 0 Å². The second-order valence-electron chi connectivity index (χ2n) is 6.02. The number of hydrogen-bond donors (Lipinski definition) is 2. The highest BCUT2D eigenvalue weighted by molar-refractivity contribution is 7.89. The van der Waals surface area contributed by atoms with Gasteiger partial charge >= 0.3 is 11.8 Å². The van der Waals surface area contributed by atoms with E-state index in [0.29, 0.717) is 26.1 Å². The van der Waals surface area contributed by atoms with Crippen molar-refractivity contribution in [3.63, 3.8) is 0 Å². The molecule has 2 amide bonds. The zero-order chi connectivity index (χ0) is 19.7. The third-order valence-electron chi connectivity index (χ3n) is 4.16. The lowest BCUT2D eigenvalue weighted by molar-refractivity contribution is -0.139. The number of nitrogens with one attached hydrogen (secondary N) is 2. The Morgan fingerprint density at radius 1 is 1.04 bits per heavy atom. The Morgan fingerprint density at radius 2 is 1.62 bits per heavy atom. The molecule has 1 atom stereocenters. The zero-order valence-corrected chi connectivity index (χ0v) is 16.7. The molecule has 2 N–H and O–H groups in total. The minimum atomic E-state index is -3.47. The van der Waals surface area contributed by atoms with Crippen LogP contribution in [0.15, 0.2) is 29.2 Å². The average molecular weight is 384 g/mol. The van der Waals surface area contributed by atoms with Gasteiger partial charge in [-0.25, -0.2) is 8.42 Å². The summed E-state index contributed by atoms with van der Waals surface area (Å²) < 4.78 is 26.2. The molecule has 1 aromatic carbocycles. The molecule has 0 saturated carbocycles. The van der Waals surface area contributed by atoms with Gasteiger partial charge in [-0.3, -0.25) is 9.59 Å². The van der Waals surface area contributed by atoms with E-state index in [-0.39, 0.29) is 10.9 Å². The van der Waals surface area contributed by atoms with Crippen molar-refractivity contribution >= 4 is 21.8 Å². The van der Waals surface area contributed by atoms with Crippen LogP contribution in [0.3, 0.4) is 0 Å². The maximum atomic E-state index is 12.4. The molecule has 0 aliphatic heterocycles. The minimum absolute atomic E-state index is 0.0476. The van der Waals surface area contributed by atoms with Crippen molar-refractivity contribution in [2.75, 3.05) is 19.6 Å². The van der Waals surface area contributed by atoms with E-state index in [9.17, 15) is 18.0 Å². The van der Waals surface area contributed by atoms with E-state index in [1.54, 1.807) is 38.1 Å². The highest BCUT2D eigenvalue weighted by atomic mass is 32.2. The molecule has 7 nitrogen and oxygen atoms in total. The number of amides is 2. The van der Waals surface area contributed by atoms with Crippen LogP contribution in [-0.2, 0) is 26.0 Å². The van der Waals surface area contributed by atoms with E-state index < -0.39 is 21.8 Å². The molecule has 8 heteroatoms. The third kappa shape index (κ3) is 6.10. The van der Waals surface area contributed by atoms with E-state index in [2.05, 4.69) is 10.6 Å². The van der Waals surface area contributed by atoms with Crippen molar-refractivity contribution in [3.8, 4) is 0 Å². The summed E-state index contributed by atoms with van der Waals surface area (Å²) in [6.45, 7) is 8.50. The van der Waals surface area contributed by atoms with E-state index in [1.807, 2.05) is 13.8 Å². The molecule has 0 bridgehead atoms. The van der Waals surface area contributed by atoms with Crippen LogP contribution in [0.2, 0.25) is 0 Å². The van der Waals surface area contributed by atoms with E-state index in [0.717, 1.165) is 12.0 Å². The lowest BCUT2D eigenvalue weighted by Gasteiger charge is -2.18. The van der Waals surface area contributed by atoms with Gasteiger partial charge in [-0.05, 0) is 37.5 Å². The van der Waals surface area contributed by atoms with Crippen LogP contribution in [0.25, 0.3) is 0 Å². The molecule has 1 unspecified atom stereocenters. The van der Waals surface area contributed by atoms with E-state index in [4.69, 9.17) is 0 Å². The van der Waals surface area contributed by atoms with Gasteiger partial charge in [-0.15, -0.1) is 0 Å². The van der Waals surface area contributed by atoms with Crippen molar-refractivity contribution in [3.05, 3.63) is 29.8 Å². The van der Waals surface area contributed by atoms with Gasteiger partial charge < -0.3 is 10.6 Å². The van der Waals surface area contributed by atoms with Crippen LogP contribution < -0.4 is 10.6 Å². The van der Waals surface area contributed by atoms with E-state index in [1.165, 1.54) is 4.31 Å². The Morgan fingerprint density at radius 3 is 2.12 bits per heavy atom. The first-order valence-corrected chi connectivity index (χ1v) is 10.4. The summed E-state index contributed by atoms with van der Waals surface area (Å²) in [5.41, 5.74) is 0.881. The van der Waals surface area contributed by atoms with Gasteiger partial charge in [0.15, 0.2) is 0 Å². The Labute approximate surface area is 156 Å². The molecule has 146 valence electrons. The maximum absolute atomic E-state index is 12.4. The molecular formula is C18H29N3O4S. The molecule has 1 aromatic rings. The summed E-state index contributed by atoms with van der Waals surface area (Å²) >= 11 is 0. The molecule has 26 heavy (non-hydrogen) atoms. The van der Waals surface area contributed by atoms with Gasteiger partial charge in [0, 0.05) is 25.7 Å². The smallest absolute Gasteiger partial charge is 0.309 e. The van der Waals surface area contributed by atoms with Gasteiger partial charge in [0.25, 0.3) is 0 Å². The summed E-state index contributed by atoms with van der Waals surface area (Å²) in [6.07, 6.45) is 1.26. The maximum Gasteiger partial charge on any atom is 0.309 e. The fourth-order valence-corrected chi connectivity index (χ4v) is 3.79. The predicted molar refractivity (Wildman–Crippen MR) is 101 cm³/mol. The number of benzene rings is 1. The summed E-state index contributed by atoms with van der Waals surface area (Å²) in [4.78, 5) is 23.6. The van der Waals surface area contributed by atoms with Gasteiger partial charge in [-0.2, -0.15) is 4.31 Å². The third-order valence-corrected chi connectivity index (χ3v) is 6.23. The number of rotatable bonds is 9. The van der Waals surface area contributed by atoms with Crippen molar-refractivity contribution < 1.29 is 18.0 Å². The Balaban J connectivity index is 2.58. The first-order valence-electron chi connectivity index (χ1n) is 8.93. The number of carbonyl (C=O) groups excluding carboxylic acids is 2. The summed E-state index contributed by atoms with van der Waals surface area (Å²) in [6, 6.07) is 6.54.